The lowest BCUT2D eigenvalue weighted by atomic mass is 10.2. The van der Waals surface area contributed by atoms with Gasteiger partial charge in [0.1, 0.15) is 21.2 Å². The molecule has 6 aromatic rings. The number of fused-ring (bicyclic) bond motifs is 2. The van der Waals surface area contributed by atoms with Crippen molar-refractivity contribution in [2.75, 3.05) is 30.3 Å². The molecule has 0 amide bonds. The summed E-state index contributed by atoms with van der Waals surface area (Å²) >= 11 is 23.1. The number of aromatic nitrogens is 4. The third-order valence-electron chi connectivity index (χ3n) is 7.82. The van der Waals surface area contributed by atoms with Crippen molar-refractivity contribution in [1.29, 1.82) is 0 Å². The van der Waals surface area contributed by atoms with Crippen molar-refractivity contribution in [3.8, 4) is 11.8 Å². The number of sulfonamides is 2. The smallest absolute Gasteiger partial charge is 0.264 e. The van der Waals surface area contributed by atoms with E-state index in [1.54, 1.807) is 0 Å². The Morgan fingerprint density at radius 1 is 0.719 bits per heavy atom. The summed E-state index contributed by atoms with van der Waals surface area (Å²) < 4.78 is 122. The molecule has 2 aromatic carbocycles. The van der Waals surface area contributed by atoms with Gasteiger partial charge in [-0.1, -0.05) is 46.4 Å². The SMILES string of the molecule is COc1nc(Cl)c(F)cc1NS(=O)(=O)c1cn(CC(F)F)c2cc(Cl)ccc12.COc1nc(Cl)c(F)cc1NS(=O)(=O)c1cn(CC(O)CO)c2cc(Cl)ccc12. The van der Waals surface area contributed by atoms with Gasteiger partial charge in [-0.25, -0.2) is 34.4 Å². The summed E-state index contributed by atoms with van der Waals surface area (Å²) in [6.07, 6.45) is -1.48. The molecule has 1 unspecified atom stereocenters. The zero-order valence-corrected chi connectivity index (χ0v) is 33.7. The normalized spacial score (nSPS) is 12.4. The summed E-state index contributed by atoms with van der Waals surface area (Å²) in [5.74, 6) is -2.35. The van der Waals surface area contributed by atoms with Gasteiger partial charge in [0.05, 0.1) is 51.1 Å². The lowest BCUT2D eigenvalue weighted by molar-refractivity contribution is 0.0821. The summed E-state index contributed by atoms with van der Waals surface area (Å²) in [6.45, 7) is -1.30. The molecule has 0 spiro atoms. The van der Waals surface area contributed by atoms with Crippen LogP contribution in [0, 0.1) is 11.6 Å². The maximum absolute atomic E-state index is 13.8. The van der Waals surface area contributed by atoms with Gasteiger partial charge in [-0.15, -0.1) is 0 Å². The van der Waals surface area contributed by atoms with Crippen LogP contribution in [0.1, 0.15) is 0 Å². The summed E-state index contributed by atoms with van der Waals surface area (Å²) in [4.78, 5) is 6.82. The second kappa shape index (κ2) is 17.7. The summed E-state index contributed by atoms with van der Waals surface area (Å²) in [6, 6.07) is 10.4. The van der Waals surface area contributed by atoms with Crippen molar-refractivity contribution in [3.63, 3.8) is 0 Å². The van der Waals surface area contributed by atoms with Gasteiger partial charge in [0.25, 0.3) is 26.5 Å². The van der Waals surface area contributed by atoms with Crippen LogP contribution in [0.5, 0.6) is 11.8 Å². The number of aliphatic hydroxyl groups excluding tert-OH is 2. The highest BCUT2D eigenvalue weighted by Crippen LogP contribution is 2.35. The van der Waals surface area contributed by atoms with E-state index in [0.717, 1.165) is 22.9 Å². The van der Waals surface area contributed by atoms with Gasteiger partial charge in [-0.05, 0) is 36.4 Å². The molecule has 0 fully saturated rings. The Morgan fingerprint density at radius 2 is 1.12 bits per heavy atom. The Kier molecular flexibility index (Phi) is 13.6. The van der Waals surface area contributed by atoms with Crippen molar-refractivity contribution >= 4 is 99.6 Å². The van der Waals surface area contributed by atoms with Crippen LogP contribution >= 0.6 is 46.4 Å². The topological polar surface area (TPSA) is 187 Å². The molecule has 0 aliphatic heterocycles. The van der Waals surface area contributed by atoms with E-state index in [4.69, 9.17) is 61.0 Å². The van der Waals surface area contributed by atoms with Crippen LogP contribution < -0.4 is 18.9 Å². The van der Waals surface area contributed by atoms with Crippen LogP contribution in [-0.4, -0.2) is 79.5 Å². The quantitative estimate of drug-likeness (QED) is 0.0682. The Morgan fingerprint density at radius 3 is 1.49 bits per heavy atom. The number of nitrogens with zero attached hydrogens (tertiary/aromatic N) is 4. The van der Waals surface area contributed by atoms with E-state index in [9.17, 15) is 39.5 Å². The minimum absolute atomic E-state index is 0.0662. The van der Waals surface area contributed by atoms with Crippen molar-refractivity contribution in [2.24, 2.45) is 0 Å². The average molecular weight is 919 g/mol. The Hall–Kier alpha value is -4.28. The highest BCUT2D eigenvalue weighted by molar-refractivity contribution is 7.93. The third kappa shape index (κ3) is 9.89. The standard InChI is InChI=1S/C17H16Cl2FN3O5S.C16H12Cl2F3N3O3S/c1-28-17-13(5-12(20)16(19)21-17)22-29(26,27)15-7-23(6-10(25)8-24)14-4-9(18)2-3-11(14)15;1-27-16-11(5-10(19)15(18)22-16)23-28(25,26)13-6-24(7-14(20)21)12-4-8(17)2-3-9(12)13/h2-5,7,10,22,24-25H,6,8H2,1H3;2-6,14,23H,7H2,1H3. The fraction of sp³-hybridized carbons (Fsp3) is 0.212. The van der Waals surface area contributed by atoms with E-state index in [2.05, 4.69) is 19.4 Å². The zero-order chi connectivity index (χ0) is 42.0. The first kappa shape index (κ1) is 43.8. The van der Waals surface area contributed by atoms with Gasteiger partial charge in [-0.3, -0.25) is 9.44 Å². The molecule has 1 atom stereocenters. The van der Waals surface area contributed by atoms with Gasteiger partial charge >= 0.3 is 0 Å². The minimum Gasteiger partial charge on any atom is -0.479 e. The molecule has 4 aromatic heterocycles. The van der Waals surface area contributed by atoms with Crippen LogP contribution in [0.4, 0.5) is 28.9 Å². The predicted molar refractivity (Wildman–Crippen MR) is 206 cm³/mol. The molecule has 0 radical (unpaired) electrons. The Labute approximate surface area is 341 Å². The third-order valence-corrected chi connectivity index (χ3v) is 11.6. The van der Waals surface area contributed by atoms with Crippen LogP contribution in [0.2, 0.25) is 20.4 Å². The van der Waals surface area contributed by atoms with Crippen molar-refractivity contribution in [1.82, 2.24) is 19.1 Å². The number of hydrogen-bond donors (Lipinski definition) is 4. The molecule has 0 saturated carbocycles. The van der Waals surface area contributed by atoms with Crippen LogP contribution in [0.3, 0.4) is 0 Å². The maximum Gasteiger partial charge on any atom is 0.264 e. The Bertz CT molecular complexity index is 2690. The highest BCUT2D eigenvalue weighted by atomic mass is 35.5. The van der Waals surface area contributed by atoms with E-state index in [-0.39, 0.29) is 55.4 Å². The maximum atomic E-state index is 13.8. The highest BCUT2D eigenvalue weighted by Gasteiger charge is 2.27. The molecule has 57 heavy (non-hydrogen) atoms. The lowest BCUT2D eigenvalue weighted by Gasteiger charge is -2.11. The van der Waals surface area contributed by atoms with Gasteiger partial charge in [0.15, 0.2) is 21.9 Å². The van der Waals surface area contributed by atoms with Gasteiger partial charge in [0, 0.05) is 45.3 Å². The van der Waals surface area contributed by atoms with E-state index in [1.165, 1.54) is 61.4 Å². The molecule has 306 valence electrons. The summed E-state index contributed by atoms with van der Waals surface area (Å²) in [5, 5.41) is 19.0. The monoisotopic (exact) mass is 916 g/mol. The van der Waals surface area contributed by atoms with Crippen LogP contribution in [0.25, 0.3) is 21.8 Å². The lowest BCUT2D eigenvalue weighted by Crippen LogP contribution is -2.19. The molecular formula is C33H28Cl4F4N6O8S2. The fourth-order valence-corrected chi connectivity index (χ4v) is 8.53. The molecule has 24 heteroatoms. The molecule has 14 nitrogen and oxygen atoms in total. The van der Waals surface area contributed by atoms with E-state index < -0.39 is 67.7 Å². The number of ether oxygens (including phenoxy) is 2. The van der Waals surface area contributed by atoms with Gasteiger partial charge in [-0.2, -0.15) is 9.97 Å². The second-order valence-corrected chi connectivity index (χ2v) is 16.6. The number of hydrogen-bond acceptors (Lipinski definition) is 10. The largest absolute Gasteiger partial charge is 0.479 e. The van der Waals surface area contributed by atoms with Crippen molar-refractivity contribution in [3.05, 3.63) is 92.9 Å². The molecule has 6 rings (SSSR count). The fourth-order valence-electron chi connectivity index (χ4n) is 5.39. The molecule has 4 heterocycles. The molecule has 4 N–H and O–H groups in total. The van der Waals surface area contributed by atoms with Gasteiger partial charge < -0.3 is 28.8 Å². The number of aliphatic hydroxyl groups is 2. The summed E-state index contributed by atoms with van der Waals surface area (Å²) in [5.41, 5.74) is 0.103. The number of nitrogens with one attached hydrogen (secondary N) is 2. The zero-order valence-electron chi connectivity index (χ0n) is 29.0. The number of alkyl halides is 2. The number of pyridine rings is 2. The summed E-state index contributed by atoms with van der Waals surface area (Å²) in [7, 11) is -6.11. The number of methoxy groups -OCH3 is 2. The molecule has 0 saturated heterocycles. The van der Waals surface area contributed by atoms with Crippen LogP contribution in [0.15, 0.2) is 70.7 Å². The number of rotatable bonds is 13. The minimum atomic E-state index is -4.32. The van der Waals surface area contributed by atoms with Crippen molar-refractivity contribution in [2.45, 2.75) is 35.4 Å². The number of benzene rings is 2. The molecule has 0 aliphatic carbocycles. The first-order chi connectivity index (χ1) is 26.8. The molecular weight excluding hydrogens is 890 g/mol. The van der Waals surface area contributed by atoms with Crippen molar-refractivity contribution < 1.29 is 54.1 Å². The Balaban J connectivity index is 0.000000218. The molecule has 0 aliphatic rings. The van der Waals surface area contributed by atoms with Crippen LogP contribution in [-0.2, 0) is 33.1 Å². The van der Waals surface area contributed by atoms with E-state index in [1.807, 2.05) is 0 Å². The van der Waals surface area contributed by atoms with E-state index >= 15 is 0 Å². The first-order valence-corrected chi connectivity index (χ1v) is 20.3. The number of halogens is 8. The first-order valence-electron chi connectivity index (χ1n) is 15.8. The van der Waals surface area contributed by atoms with E-state index in [0.29, 0.717) is 15.9 Å². The molecule has 0 bridgehead atoms. The predicted octanol–water partition coefficient (Wildman–Crippen LogP) is 7.20. The average Bonchev–Trinajstić information content (AvgIpc) is 3.69. The second-order valence-electron chi connectivity index (χ2n) is 11.7. The number of anilines is 2. The van der Waals surface area contributed by atoms with Gasteiger partial charge in [0.2, 0.25) is 11.8 Å².